The van der Waals surface area contributed by atoms with Gasteiger partial charge in [0, 0.05) is 23.2 Å². The third-order valence-electron chi connectivity index (χ3n) is 3.72. The molecule has 1 aromatic heterocycles. The number of amides is 1. The fraction of sp³-hybridized carbons (Fsp3) is 0.0476. The zero-order valence-corrected chi connectivity index (χ0v) is 15.5. The van der Waals surface area contributed by atoms with Gasteiger partial charge in [0.1, 0.15) is 22.7 Å². The Hall–Kier alpha value is -3.50. The van der Waals surface area contributed by atoms with Gasteiger partial charge in [0.2, 0.25) is 5.91 Å². The van der Waals surface area contributed by atoms with Gasteiger partial charge in [-0.1, -0.05) is 24.4 Å². The molecule has 1 N–H and O–H groups in total. The quantitative estimate of drug-likeness (QED) is 0.500. The molecule has 138 valence electrons. The zero-order chi connectivity index (χ0) is 19.9. The molecule has 3 rings (SSSR count). The predicted molar refractivity (Wildman–Crippen MR) is 105 cm³/mol. The fourth-order valence-corrected chi connectivity index (χ4v) is 3.19. The summed E-state index contributed by atoms with van der Waals surface area (Å²) in [6.45, 7) is 3.42. The van der Waals surface area contributed by atoms with Crippen LogP contribution >= 0.6 is 11.8 Å². The summed E-state index contributed by atoms with van der Waals surface area (Å²) in [6.07, 6.45) is 3.28. The average molecular weight is 390 g/mol. The van der Waals surface area contributed by atoms with Gasteiger partial charge in [-0.2, -0.15) is 5.26 Å². The molecule has 5 nitrogen and oxygen atoms in total. The highest BCUT2D eigenvalue weighted by molar-refractivity contribution is 7.99. The number of halogens is 1. The molecule has 0 fully saturated rings. The van der Waals surface area contributed by atoms with Crippen LogP contribution in [0.4, 0.5) is 10.1 Å². The van der Waals surface area contributed by atoms with E-state index in [1.54, 1.807) is 30.5 Å². The number of benzene rings is 2. The summed E-state index contributed by atoms with van der Waals surface area (Å²) in [5, 5.41) is 12.4. The Morgan fingerprint density at radius 2 is 2.04 bits per heavy atom. The highest BCUT2D eigenvalue weighted by Gasteiger charge is 2.07. The third-order valence-corrected chi connectivity index (χ3v) is 4.67. The van der Waals surface area contributed by atoms with Gasteiger partial charge >= 0.3 is 0 Å². The lowest BCUT2D eigenvalue weighted by Gasteiger charge is -2.06. The van der Waals surface area contributed by atoms with Crippen molar-refractivity contribution in [2.24, 2.45) is 0 Å². The van der Waals surface area contributed by atoms with Gasteiger partial charge in [-0.05, 0) is 54.1 Å². The van der Waals surface area contributed by atoms with Crippen molar-refractivity contribution in [3.8, 4) is 6.07 Å². The van der Waals surface area contributed by atoms with E-state index in [0.717, 1.165) is 15.5 Å². The SMILES string of the molecule is C=CC(=O)Nc1ccc(Sc2ccnc(Cc3ccc(F)c(C#N)c3)n2)cc1. The molecular weight excluding hydrogens is 375 g/mol. The number of aromatic nitrogens is 2. The van der Waals surface area contributed by atoms with Crippen LogP contribution in [0.2, 0.25) is 0 Å². The van der Waals surface area contributed by atoms with E-state index in [1.165, 1.54) is 30.0 Å². The molecule has 1 amide bonds. The highest BCUT2D eigenvalue weighted by atomic mass is 32.2. The fourth-order valence-electron chi connectivity index (χ4n) is 2.39. The molecule has 0 aliphatic heterocycles. The van der Waals surface area contributed by atoms with Crippen molar-refractivity contribution in [3.05, 3.63) is 90.2 Å². The standard InChI is InChI=1S/C21H15FN4OS/c1-2-20(27)25-16-4-6-17(7-5-16)28-21-9-10-24-19(26-21)12-14-3-8-18(22)15(11-14)13-23/h2-11H,1,12H2,(H,25,27). The Bertz CT molecular complexity index is 1060. The van der Waals surface area contributed by atoms with Gasteiger partial charge in [0.25, 0.3) is 0 Å². The first kappa shape index (κ1) is 19.3. The van der Waals surface area contributed by atoms with E-state index < -0.39 is 5.82 Å². The summed E-state index contributed by atoms with van der Waals surface area (Å²) in [5.41, 5.74) is 1.45. The molecule has 0 saturated heterocycles. The van der Waals surface area contributed by atoms with E-state index in [-0.39, 0.29) is 11.5 Å². The molecule has 0 atom stereocenters. The van der Waals surface area contributed by atoms with Crippen molar-refractivity contribution < 1.29 is 9.18 Å². The Morgan fingerprint density at radius 1 is 1.25 bits per heavy atom. The van der Waals surface area contributed by atoms with Crippen LogP contribution in [0, 0.1) is 17.1 Å². The molecule has 0 spiro atoms. The van der Waals surface area contributed by atoms with Crippen LogP contribution in [0.25, 0.3) is 0 Å². The van der Waals surface area contributed by atoms with Crippen LogP contribution in [0.15, 0.2) is 77.3 Å². The molecule has 0 bridgehead atoms. The van der Waals surface area contributed by atoms with Crippen LogP contribution < -0.4 is 5.32 Å². The number of hydrogen-bond donors (Lipinski definition) is 1. The predicted octanol–water partition coefficient (Wildman–Crippen LogP) is 4.35. The molecule has 7 heteroatoms. The minimum Gasteiger partial charge on any atom is -0.323 e. The normalized spacial score (nSPS) is 10.1. The first-order chi connectivity index (χ1) is 13.6. The van der Waals surface area contributed by atoms with Gasteiger partial charge in [0.05, 0.1) is 5.56 Å². The monoisotopic (exact) mass is 390 g/mol. The van der Waals surface area contributed by atoms with E-state index in [0.29, 0.717) is 17.9 Å². The van der Waals surface area contributed by atoms with E-state index in [4.69, 9.17) is 5.26 Å². The number of carbonyl (C=O) groups excluding carboxylic acids is 1. The van der Waals surface area contributed by atoms with Gasteiger partial charge in [-0.3, -0.25) is 4.79 Å². The van der Waals surface area contributed by atoms with Crippen molar-refractivity contribution in [2.75, 3.05) is 5.32 Å². The summed E-state index contributed by atoms with van der Waals surface area (Å²) >= 11 is 1.46. The van der Waals surface area contributed by atoms with Gasteiger partial charge in [-0.15, -0.1) is 0 Å². The first-order valence-electron chi connectivity index (χ1n) is 8.29. The minimum atomic E-state index is -0.538. The largest absolute Gasteiger partial charge is 0.323 e. The lowest BCUT2D eigenvalue weighted by molar-refractivity contribution is -0.111. The van der Waals surface area contributed by atoms with Gasteiger partial charge in [0.15, 0.2) is 0 Å². The van der Waals surface area contributed by atoms with Crippen LogP contribution in [-0.4, -0.2) is 15.9 Å². The van der Waals surface area contributed by atoms with Crippen molar-refractivity contribution in [2.45, 2.75) is 16.3 Å². The topological polar surface area (TPSA) is 78.7 Å². The number of nitriles is 1. The summed E-state index contributed by atoms with van der Waals surface area (Å²) in [6, 6.07) is 15.4. The van der Waals surface area contributed by atoms with E-state index >= 15 is 0 Å². The van der Waals surface area contributed by atoms with E-state index in [9.17, 15) is 9.18 Å². The minimum absolute atomic E-state index is 0.00617. The summed E-state index contributed by atoms with van der Waals surface area (Å²) in [5.74, 6) is -0.222. The Morgan fingerprint density at radius 3 is 2.75 bits per heavy atom. The maximum atomic E-state index is 13.4. The lowest BCUT2D eigenvalue weighted by atomic mass is 10.1. The molecule has 0 aliphatic rings. The van der Waals surface area contributed by atoms with Crippen molar-refractivity contribution in [1.82, 2.24) is 9.97 Å². The number of nitrogens with zero attached hydrogens (tertiary/aromatic N) is 3. The summed E-state index contributed by atoms with van der Waals surface area (Å²) in [4.78, 5) is 21.0. The smallest absolute Gasteiger partial charge is 0.247 e. The average Bonchev–Trinajstić information content (AvgIpc) is 2.71. The maximum Gasteiger partial charge on any atom is 0.247 e. The van der Waals surface area contributed by atoms with Crippen molar-refractivity contribution in [3.63, 3.8) is 0 Å². The van der Waals surface area contributed by atoms with Crippen molar-refractivity contribution >= 4 is 23.4 Å². The van der Waals surface area contributed by atoms with Crippen molar-refractivity contribution in [1.29, 1.82) is 5.26 Å². The number of rotatable bonds is 6. The molecule has 0 saturated carbocycles. The number of nitrogens with one attached hydrogen (secondary N) is 1. The molecule has 0 radical (unpaired) electrons. The molecule has 0 aliphatic carbocycles. The maximum absolute atomic E-state index is 13.4. The van der Waals surface area contributed by atoms with Gasteiger partial charge in [-0.25, -0.2) is 14.4 Å². The molecule has 0 unspecified atom stereocenters. The lowest BCUT2D eigenvalue weighted by Crippen LogP contribution is -2.06. The highest BCUT2D eigenvalue weighted by Crippen LogP contribution is 2.27. The molecule has 28 heavy (non-hydrogen) atoms. The number of carbonyl (C=O) groups is 1. The first-order valence-corrected chi connectivity index (χ1v) is 9.11. The van der Waals surface area contributed by atoms with Crippen LogP contribution in [0.5, 0.6) is 0 Å². The second-order valence-electron chi connectivity index (χ2n) is 5.73. The van der Waals surface area contributed by atoms with Crippen LogP contribution in [-0.2, 0) is 11.2 Å². The van der Waals surface area contributed by atoms with E-state index in [1.807, 2.05) is 18.2 Å². The Labute approximate surface area is 166 Å². The van der Waals surface area contributed by atoms with Crippen LogP contribution in [0.1, 0.15) is 17.0 Å². The second-order valence-corrected chi connectivity index (χ2v) is 6.83. The number of hydrogen-bond acceptors (Lipinski definition) is 5. The second kappa shape index (κ2) is 8.93. The summed E-state index contributed by atoms with van der Waals surface area (Å²) < 4.78 is 13.4. The third kappa shape index (κ3) is 5.02. The molecular formula is C21H15FN4OS. The van der Waals surface area contributed by atoms with E-state index in [2.05, 4.69) is 21.9 Å². The molecule has 3 aromatic rings. The van der Waals surface area contributed by atoms with Crippen LogP contribution in [0.3, 0.4) is 0 Å². The summed E-state index contributed by atoms with van der Waals surface area (Å²) in [7, 11) is 0. The molecule has 1 heterocycles. The van der Waals surface area contributed by atoms with Gasteiger partial charge < -0.3 is 5.32 Å². The number of anilines is 1. The Kier molecular flexibility index (Phi) is 6.14. The molecule has 2 aromatic carbocycles. The Balaban J connectivity index is 1.70. The zero-order valence-electron chi connectivity index (χ0n) is 14.7.